The summed E-state index contributed by atoms with van der Waals surface area (Å²) in [4.78, 5) is 45.5. The zero-order chi connectivity index (χ0) is 24.9. The van der Waals surface area contributed by atoms with Crippen molar-refractivity contribution in [3.63, 3.8) is 0 Å². The molecule has 1 atom stereocenters. The quantitative estimate of drug-likeness (QED) is 0.308. The van der Waals surface area contributed by atoms with Gasteiger partial charge < -0.3 is 14.3 Å². The number of ether oxygens (including phenoxy) is 1. The maximum atomic E-state index is 13.6. The van der Waals surface area contributed by atoms with Gasteiger partial charge in [-0.3, -0.25) is 14.5 Å². The van der Waals surface area contributed by atoms with Crippen molar-refractivity contribution in [3.8, 4) is 0 Å². The molecule has 0 bridgehead atoms. The summed E-state index contributed by atoms with van der Waals surface area (Å²) in [5.74, 6) is -2.52. The number of aliphatic hydroxyl groups is 1. The molecule has 0 aliphatic carbocycles. The lowest BCUT2D eigenvalue weighted by atomic mass is 9.94. The number of carbonyl (C=O) groups excluding carboxylic acids is 3. The second-order valence-corrected chi connectivity index (χ2v) is 9.25. The lowest BCUT2D eigenvalue weighted by Gasteiger charge is -2.24. The Morgan fingerprint density at radius 2 is 1.83 bits per heavy atom. The van der Waals surface area contributed by atoms with E-state index in [4.69, 9.17) is 9.15 Å². The Balaban J connectivity index is 1.65. The third-order valence-electron chi connectivity index (χ3n) is 5.97. The molecule has 9 heteroatoms. The highest BCUT2D eigenvalue weighted by Gasteiger charge is 2.46. The van der Waals surface area contributed by atoms with Gasteiger partial charge in [0.25, 0.3) is 5.91 Å². The number of benzene rings is 2. The lowest BCUT2D eigenvalue weighted by Crippen LogP contribution is -2.31. The minimum absolute atomic E-state index is 0.00470. The molecule has 1 aliphatic rings. The third kappa shape index (κ3) is 3.70. The number of aromatic nitrogens is 1. The van der Waals surface area contributed by atoms with Gasteiger partial charge in [0.2, 0.25) is 5.78 Å². The number of anilines is 1. The normalized spacial score (nSPS) is 15.8. The predicted molar refractivity (Wildman–Crippen MR) is 130 cm³/mol. The van der Waals surface area contributed by atoms with Crippen LogP contribution >= 0.6 is 11.3 Å². The Morgan fingerprint density at radius 1 is 1.11 bits per heavy atom. The first-order valence-electron chi connectivity index (χ1n) is 10.7. The molecule has 1 amide bonds. The molecule has 5 rings (SSSR count). The maximum absolute atomic E-state index is 13.6. The predicted octanol–water partition coefficient (Wildman–Crippen LogP) is 5.08. The molecule has 2 aromatic carbocycles. The van der Waals surface area contributed by atoms with E-state index in [0.29, 0.717) is 21.8 Å². The molecular weight excluding hydrogens is 468 g/mol. The molecule has 8 nitrogen and oxygen atoms in total. The number of hydrogen-bond acceptors (Lipinski definition) is 8. The molecule has 0 saturated heterocycles. The van der Waals surface area contributed by atoms with Crippen LogP contribution in [0.25, 0.3) is 11.0 Å². The van der Waals surface area contributed by atoms with Gasteiger partial charge in [0.15, 0.2) is 16.7 Å². The molecule has 0 radical (unpaired) electrons. The van der Waals surface area contributed by atoms with Gasteiger partial charge in [0.05, 0.1) is 30.0 Å². The molecule has 35 heavy (non-hydrogen) atoms. The van der Waals surface area contributed by atoms with Crippen molar-refractivity contribution in [1.29, 1.82) is 0 Å². The molecule has 0 spiro atoms. The number of aryl methyl sites for hydroxylation is 2. The monoisotopic (exact) mass is 488 g/mol. The van der Waals surface area contributed by atoms with Crippen LogP contribution in [0.4, 0.5) is 5.13 Å². The van der Waals surface area contributed by atoms with Crippen molar-refractivity contribution in [2.24, 2.45) is 0 Å². The van der Waals surface area contributed by atoms with Crippen molar-refractivity contribution in [2.75, 3.05) is 12.0 Å². The van der Waals surface area contributed by atoms with E-state index < -0.39 is 29.5 Å². The number of nitrogens with zero attached hydrogens (tertiary/aromatic N) is 2. The van der Waals surface area contributed by atoms with Crippen molar-refractivity contribution in [3.05, 3.63) is 93.4 Å². The van der Waals surface area contributed by atoms with Crippen LogP contribution in [0.2, 0.25) is 0 Å². The van der Waals surface area contributed by atoms with Gasteiger partial charge in [-0.2, -0.15) is 0 Å². The van der Waals surface area contributed by atoms with Gasteiger partial charge in [-0.05, 0) is 43.7 Å². The van der Waals surface area contributed by atoms with Crippen LogP contribution in [-0.2, 0) is 9.53 Å². The fraction of sp³-hybridized carbons (Fsp3) is 0.154. The van der Waals surface area contributed by atoms with Crippen LogP contribution in [0.5, 0.6) is 0 Å². The van der Waals surface area contributed by atoms with Gasteiger partial charge >= 0.3 is 5.97 Å². The number of carbonyl (C=O) groups is 3. The summed E-state index contributed by atoms with van der Waals surface area (Å²) >= 11 is 1.29. The molecule has 176 valence electrons. The van der Waals surface area contributed by atoms with Crippen LogP contribution in [0.15, 0.2) is 70.3 Å². The summed E-state index contributed by atoms with van der Waals surface area (Å²) < 4.78 is 10.5. The Labute approximate surface area is 204 Å². The second kappa shape index (κ2) is 8.52. The van der Waals surface area contributed by atoms with E-state index in [0.717, 1.165) is 16.0 Å². The number of Topliss-reactive ketones (excluding diaryl/α,β-unsaturated/α-hetero) is 1. The molecular formula is C26H20N2O6S. The number of ketones is 1. The topological polar surface area (TPSA) is 110 Å². The third-order valence-corrected chi connectivity index (χ3v) is 7.05. The number of rotatable bonds is 5. The molecule has 0 saturated carbocycles. The maximum Gasteiger partial charge on any atom is 0.337 e. The van der Waals surface area contributed by atoms with Crippen LogP contribution in [0, 0.1) is 13.8 Å². The number of hydrogen-bond donors (Lipinski definition) is 1. The minimum Gasteiger partial charge on any atom is -0.503 e. The average molecular weight is 489 g/mol. The lowest BCUT2D eigenvalue weighted by molar-refractivity contribution is -0.117. The van der Waals surface area contributed by atoms with Gasteiger partial charge in [-0.1, -0.05) is 30.3 Å². The molecule has 1 unspecified atom stereocenters. The van der Waals surface area contributed by atoms with Gasteiger partial charge in [0, 0.05) is 10.3 Å². The Kier molecular flexibility index (Phi) is 5.49. The fourth-order valence-corrected chi connectivity index (χ4v) is 4.99. The van der Waals surface area contributed by atoms with Crippen molar-refractivity contribution >= 4 is 45.1 Å². The zero-order valence-corrected chi connectivity index (χ0v) is 19.9. The number of amides is 1. The van der Waals surface area contributed by atoms with E-state index in [1.54, 1.807) is 48.5 Å². The zero-order valence-electron chi connectivity index (χ0n) is 19.1. The highest BCUT2D eigenvalue weighted by molar-refractivity contribution is 7.15. The van der Waals surface area contributed by atoms with E-state index in [1.807, 2.05) is 19.9 Å². The van der Waals surface area contributed by atoms with Crippen molar-refractivity contribution in [2.45, 2.75) is 19.9 Å². The Morgan fingerprint density at radius 3 is 2.46 bits per heavy atom. The van der Waals surface area contributed by atoms with E-state index >= 15 is 0 Å². The Hall–Kier alpha value is -4.24. The summed E-state index contributed by atoms with van der Waals surface area (Å²) in [6.45, 7) is 3.70. The minimum atomic E-state index is -0.972. The van der Waals surface area contributed by atoms with Gasteiger partial charge in [0.1, 0.15) is 5.58 Å². The largest absolute Gasteiger partial charge is 0.503 e. The van der Waals surface area contributed by atoms with Crippen LogP contribution in [0.1, 0.15) is 43.1 Å². The first-order valence-corrected chi connectivity index (χ1v) is 11.5. The first-order chi connectivity index (χ1) is 16.8. The molecule has 0 fully saturated rings. The smallest absolute Gasteiger partial charge is 0.337 e. The number of fused-ring (bicyclic) bond motifs is 1. The first kappa shape index (κ1) is 22.5. The summed E-state index contributed by atoms with van der Waals surface area (Å²) in [7, 11) is 1.28. The number of methoxy groups -OCH3 is 1. The van der Waals surface area contributed by atoms with E-state index in [-0.39, 0.29) is 11.3 Å². The number of para-hydroxylation sites is 1. The SMILES string of the molecule is COC(=O)c1ccc(C2C(C(=O)c3cc4ccccc4o3)=C(O)C(=O)N2c2nc(C)c(C)s2)cc1. The van der Waals surface area contributed by atoms with Gasteiger partial charge in [-0.15, -0.1) is 11.3 Å². The number of furan rings is 1. The number of thiazole rings is 1. The summed E-state index contributed by atoms with van der Waals surface area (Å²) in [6.07, 6.45) is 0. The molecule has 1 N–H and O–H groups in total. The second-order valence-electron chi connectivity index (χ2n) is 8.07. The number of aliphatic hydroxyl groups excluding tert-OH is 1. The highest BCUT2D eigenvalue weighted by Crippen LogP contribution is 2.44. The summed E-state index contributed by atoms with van der Waals surface area (Å²) in [5, 5.41) is 12.0. The highest BCUT2D eigenvalue weighted by atomic mass is 32.1. The summed E-state index contributed by atoms with van der Waals surface area (Å²) in [5.41, 5.74) is 1.97. The van der Waals surface area contributed by atoms with Crippen LogP contribution in [0.3, 0.4) is 0 Å². The van der Waals surface area contributed by atoms with Crippen LogP contribution in [-0.4, -0.2) is 34.9 Å². The van der Waals surface area contributed by atoms with Crippen molar-refractivity contribution < 1.29 is 28.6 Å². The standard InChI is InChI=1S/C26H20N2O6S/c1-13-14(2)35-26(27-13)28-21(15-8-10-16(11-9-15)25(32)33-3)20(23(30)24(28)31)22(29)19-12-17-6-4-5-7-18(17)34-19/h4-12,21,30H,1-3H3. The summed E-state index contributed by atoms with van der Waals surface area (Å²) in [6, 6.07) is 14.1. The van der Waals surface area contributed by atoms with Crippen LogP contribution < -0.4 is 4.90 Å². The van der Waals surface area contributed by atoms with E-state index in [2.05, 4.69) is 4.98 Å². The van der Waals surface area contributed by atoms with Crippen molar-refractivity contribution in [1.82, 2.24) is 4.98 Å². The molecule has 2 aromatic heterocycles. The van der Waals surface area contributed by atoms with E-state index in [9.17, 15) is 19.5 Å². The van der Waals surface area contributed by atoms with Gasteiger partial charge in [-0.25, -0.2) is 9.78 Å². The average Bonchev–Trinajstić information content (AvgIpc) is 3.52. The Bertz CT molecular complexity index is 1480. The molecule has 3 heterocycles. The molecule has 4 aromatic rings. The molecule has 1 aliphatic heterocycles. The van der Waals surface area contributed by atoms with E-state index in [1.165, 1.54) is 23.3 Å². The number of esters is 1. The fourth-order valence-electron chi connectivity index (χ4n) is 4.05.